The van der Waals surface area contributed by atoms with Crippen LogP contribution in [0.4, 0.5) is 4.79 Å². The maximum Gasteiger partial charge on any atom is 0.409 e. The molecule has 1 amide bonds. The van der Waals surface area contributed by atoms with Crippen LogP contribution in [0.25, 0.3) is 0 Å². The van der Waals surface area contributed by atoms with Crippen molar-refractivity contribution in [3.05, 3.63) is 0 Å². The molecule has 86 valence electrons. The van der Waals surface area contributed by atoms with E-state index in [-0.39, 0.29) is 25.0 Å². The molecule has 1 fully saturated rings. The van der Waals surface area contributed by atoms with Crippen molar-refractivity contribution in [3.8, 4) is 0 Å². The number of hydrogen-bond donors (Lipinski definition) is 1. The second-order valence-corrected chi connectivity index (χ2v) is 3.66. The van der Waals surface area contributed by atoms with E-state index in [0.717, 1.165) is 0 Å². The summed E-state index contributed by atoms with van der Waals surface area (Å²) in [6, 6.07) is 0.0299. The number of rotatable bonds is 3. The molecule has 1 rings (SSSR count). The first-order valence-corrected chi connectivity index (χ1v) is 5.16. The molecule has 0 heterocycles. The van der Waals surface area contributed by atoms with Crippen molar-refractivity contribution in [1.29, 1.82) is 0 Å². The molecule has 1 N–H and O–H groups in total. The topological polar surface area (TPSA) is 66.8 Å². The van der Waals surface area contributed by atoms with Crippen LogP contribution in [0, 0.1) is 0 Å². The van der Waals surface area contributed by atoms with Gasteiger partial charge in [0.15, 0.2) is 0 Å². The number of ketones is 1. The van der Waals surface area contributed by atoms with E-state index in [1.807, 2.05) is 0 Å². The Balaban J connectivity index is 2.55. The number of aliphatic hydroxyl groups excluding tert-OH is 1. The molecule has 1 aliphatic rings. The molecule has 0 aliphatic heterocycles. The van der Waals surface area contributed by atoms with Gasteiger partial charge in [-0.1, -0.05) is 0 Å². The highest BCUT2D eigenvalue weighted by Gasteiger charge is 2.27. The Morgan fingerprint density at radius 1 is 1.53 bits per heavy atom. The molecule has 0 aromatic rings. The van der Waals surface area contributed by atoms with Gasteiger partial charge >= 0.3 is 6.09 Å². The van der Waals surface area contributed by atoms with Gasteiger partial charge in [-0.05, 0) is 12.8 Å². The lowest BCUT2D eigenvalue weighted by Crippen LogP contribution is -2.43. The Labute approximate surface area is 89.0 Å². The summed E-state index contributed by atoms with van der Waals surface area (Å²) < 4.78 is 4.64. The number of Topliss-reactive ketones (excluding diaryl/α,β-unsaturated/α-hetero) is 1. The molecule has 0 radical (unpaired) electrons. The van der Waals surface area contributed by atoms with Gasteiger partial charge in [-0.2, -0.15) is 0 Å². The maximum atomic E-state index is 11.4. The molecule has 15 heavy (non-hydrogen) atoms. The van der Waals surface area contributed by atoms with Crippen LogP contribution in [0.3, 0.4) is 0 Å². The van der Waals surface area contributed by atoms with Crippen LogP contribution in [0.1, 0.15) is 25.7 Å². The summed E-state index contributed by atoms with van der Waals surface area (Å²) in [7, 11) is 1.32. The predicted octanol–water partition coefficient (Wildman–Crippen LogP) is 0.559. The molecule has 0 aromatic carbocycles. The van der Waals surface area contributed by atoms with E-state index in [2.05, 4.69) is 4.74 Å². The largest absolute Gasteiger partial charge is 0.453 e. The molecule has 1 aliphatic carbocycles. The van der Waals surface area contributed by atoms with Crippen molar-refractivity contribution in [3.63, 3.8) is 0 Å². The van der Waals surface area contributed by atoms with Gasteiger partial charge < -0.3 is 14.7 Å². The van der Waals surface area contributed by atoms with Gasteiger partial charge in [-0.15, -0.1) is 0 Å². The molecule has 0 aromatic heterocycles. The number of nitrogens with zero attached hydrogens (tertiary/aromatic N) is 1. The second-order valence-electron chi connectivity index (χ2n) is 3.66. The van der Waals surface area contributed by atoms with Crippen molar-refractivity contribution in [2.24, 2.45) is 0 Å². The van der Waals surface area contributed by atoms with Gasteiger partial charge in [0.25, 0.3) is 0 Å². The summed E-state index contributed by atoms with van der Waals surface area (Å²) in [5.74, 6) is 0.250. The smallest absolute Gasteiger partial charge is 0.409 e. The third-order valence-corrected chi connectivity index (χ3v) is 2.70. The Morgan fingerprint density at radius 3 is 2.60 bits per heavy atom. The summed E-state index contributed by atoms with van der Waals surface area (Å²) >= 11 is 0. The molecular weight excluding hydrogens is 198 g/mol. The zero-order valence-electron chi connectivity index (χ0n) is 8.94. The number of aliphatic hydroxyl groups is 1. The molecule has 1 saturated carbocycles. The fourth-order valence-corrected chi connectivity index (χ4v) is 1.88. The number of carbonyl (C=O) groups is 2. The van der Waals surface area contributed by atoms with Crippen LogP contribution in [0.5, 0.6) is 0 Å². The molecule has 0 bridgehead atoms. The highest BCUT2D eigenvalue weighted by atomic mass is 16.5. The van der Waals surface area contributed by atoms with Gasteiger partial charge in [-0.3, -0.25) is 4.79 Å². The number of amides is 1. The Hall–Kier alpha value is -1.10. The molecule has 0 saturated heterocycles. The number of methoxy groups -OCH3 is 1. The molecule has 5 heteroatoms. The summed E-state index contributed by atoms with van der Waals surface area (Å²) in [5, 5.41) is 8.85. The normalized spacial score (nSPS) is 17.6. The lowest BCUT2D eigenvalue weighted by molar-refractivity contribution is -0.121. The van der Waals surface area contributed by atoms with E-state index in [1.165, 1.54) is 12.0 Å². The summed E-state index contributed by atoms with van der Waals surface area (Å²) in [6.45, 7) is 0.186. The van der Waals surface area contributed by atoms with Crippen molar-refractivity contribution in [2.75, 3.05) is 20.3 Å². The van der Waals surface area contributed by atoms with E-state index in [4.69, 9.17) is 5.11 Å². The average Bonchev–Trinajstić information content (AvgIpc) is 2.26. The monoisotopic (exact) mass is 215 g/mol. The first-order valence-electron chi connectivity index (χ1n) is 5.16. The zero-order valence-corrected chi connectivity index (χ0v) is 8.94. The van der Waals surface area contributed by atoms with E-state index < -0.39 is 6.09 Å². The third kappa shape index (κ3) is 3.20. The lowest BCUT2D eigenvalue weighted by atomic mass is 9.93. The third-order valence-electron chi connectivity index (χ3n) is 2.70. The molecule has 0 unspecified atom stereocenters. The van der Waals surface area contributed by atoms with E-state index in [1.54, 1.807) is 0 Å². The van der Waals surface area contributed by atoms with Crippen LogP contribution in [0.15, 0.2) is 0 Å². The Morgan fingerprint density at radius 2 is 2.13 bits per heavy atom. The zero-order chi connectivity index (χ0) is 11.3. The fourth-order valence-electron chi connectivity index (χ4n) is 1.88. The number of hydrogen-bond acceptors (Lipinski definition) is 4. The average molecular weight is 215 g/mol. The van der Waals surface area contributed by atoms with Crippen LogP contribution < -0.4 is 0 Å². The minimum absolute atomic E-state index is 0.0299. The minimum Gasteiger partial charge on any atom is -0.453 e. The van der Waals surface area contributed by atoms with E-state index in [9.17, 15) is 9.59 Å². The minimum atomic E-state index is -0.427. The fraction of sp³-hybridized carbons (Fsp3) is 0.800. The van der Waals surface area contributed by atoms with Gasteiger partial charge in [-0.25, -0.2) is 4.79 Å². The van der Waals surface area contributed by atoms with Crippen LogP contribution >= 0.6 is 0 Å². The SMILES string of the molecule is COC(=O)N(CCO)C1CCC(=O)CC1. The first kappa shape index (κ1) is 12.0. The van der Waals surface area contributed by atoms with E-state index >= 15 is 0 Å². The second kappa shape index (κ2) is 5.70. The lowest BCUT2D eigenvalue weighted by Gasteiger charge is -2.32. The predicted molar refractivity (Wildman–Crippen MR) is 53.5 cm³/mol. The van der Waals surface area contributed by atoms with Crippen molar-refractivity contribution < 1.29 is 19.4 Å². The van der Waals surface area contributed by atoms with Crippen molar-refractivity contribution in [2.45, 2.75) is 31.7 Å². The summed E-state index contributed by atoms with van der Waals surface area (Å²) in [6.07, 6.45) is 1.96. The highest BCUT2D eigenvalue weighted by molar-refractivity contribution is 5.79. The molecule has 5 nitrogen and oxygen atoms in total. The van der Waals surface area contributed by atoms with Gasteiger partial charge in [0.1, 0.15) is 5.78 Å². The molecule has 0 spiro atoms. The summed E-state index contributed by atoms with van der Waals surface area (Å²) in [5.41, 5.74) is 0. The number of ether oxygens (including phenoxy) is 1. The van der Waals surface area contributed by atoms with Crippen LogP contribution in [0.2, 0.25) is 0 Å². The van der Waals surface area contributed by atoms with Gasteiger partial charge in [0.2, 0.25) is 0 Å². The molecule has 0 atom stereocenters. The van der Waals surface area contributed by atoms with Crippen molar-refractivity contribution in [1.82, 2.24) is 4.90 Å². The molecular formula is C10H17NO4. The van der Waals surface area contributed by atoms with E-state index in [0.29, 0.717) is 25.7 Å². The first-order chi connectivity index (χ1) is 7.19. The van der Waals surface area contributed by atoms with Crippen LogP contribution in [-0.2, 0) is 9.53 Å². The standard InChI is InChI=1S/C10H17NO4/c1-15-10(14)11(6-7-12)8-2-4-9(13)5-3-8/h8,12H,2-7H2,1H3. The summed E-state index contributed by atoms with van der Waals surface area (Å²) in [4.78, 5) is 23.9. The Kier molecular flexibility index (Phi) is 4.55. The van der Waals surface area contributed by atoms with Crippen molar-refractivity contribution >= 4 is 11.9 Å². The van der Waals surface area contributed by atoms with Gasteiger partial charge in [0.05, 0.1) is 13.7 Å². The van der Waals surface area contributed by atoms with Crippen LogP contribution in [-0.4, -0.2) is 48.2 Å². The quantitative estimate of drug-likeness (QED) is 0.747. The number of carbonyl (C=O) groups excluding carboxylic acids is 2. The highest BCUT2D eigenvalue weighted by Crippen LogP contribution is 2.20. The Bertz CT molecular complexity index is 232. The van der Waals surface area contributed by atoms with Gasteiger partial charge in [0, 0.05) is 25.4 Å². The maximum absolute atomic E-state index is 11.4.